The molecule has 3 nitrogen and oxygen atoms in total. The zero-order valence-corrected chi connectivity index (χ0v) is 13.3. The Morgan fingerprint density at radius 1 is 1.04 bits per heavy atom. The minimum absolute atomic E-state index is 0.0102. The van der Waals surface area contributed by atoms with Gasteiger partial charge in [-0.15, -0.1) is 0 Å². The Morgan fingerprint density at radius 3 is 2.48 bits per heavy atom. The monoisotopic (exact) mass is 304 g/mol. The van der Waals surface area contributed by atoms with Crippen molar-refractivity contribution in [1.82, 2.24) is 4.98 Å². The van der Waals surface area contributed by atoms with Gasteiger partial charge in [0.25, 0.3) is 0 Å². The number of rotatable bonds is 4. The summed E-state index contributed by atoms with van der Waals surface area (Å²) in [5.41, 5.74) is 11.2. The first-order valence-electron chi connectivity index (χ1n) is 7.70. The van der Waals surface area contributed by atoms with E-state index >= 15 is 0 Å². The molecule has 0 amide bonds. The maximum atomic E-state index is 12.5. The summed E-state index contributed by atoms with van der Waals surface area (Å²) in [6, 6.07) is 19.3. The van der Waals surface area contributed by atoms with Gasteiger partial charge in [0.05, 0.1) is 5.69 Å². The summed E-state index contributed by atoms with van der Waals surface area (Å²) in [6.07, 6.45) is 0. The quantitative estimate of drug-likeness (QED) is 0.558. The van der Waals surface area contributed by atoms with E-state index in [1.807, 2.05) is 67.6 Å². The first kappa shape index (κ1) is 15.1. The van der Waals surface area contributed by atoms with Gasteiger partial charge < -0.3 is 10.7 Å². The van der Waals surface area contributed by atoms with Crippen LogP contribution in [-0.4, -0.2) is 10.8 Å². The van der Waals surface area contributed by atoms with E-state index in [0.29, 0.717) is 11.3 Å². The number of aromatic amines is 1. The lowest BCUT2D eigenvalue weighted by atomic mass is 9.98. The van der Waals surface area contributed by atoms with Crippen molar-refractivity contribution in [3.8, 4) is 0 Å². The molecule has 3 N–H and O–H groups in total. The third-order valence-corrected chi connectivity index (χ3v) is 4.14. The average molecular weight is 304 g/mol. The molecule has 0 aliphatic carbocycles. The first-order chi connectivity index (χ1) is 11.0. The Hall–Kier alpha value is -2.81. The Balaban J connectivity index is 1.85. The molecule has 3 aromatic rings. The fourth-order valence-corrected chi connectivity index (χ4v) is 2.67. The SMILES string of the molecule is Cc1ccc(C(=O)c2ccc(C(C)c3cccc(N)c3)[nH]2)cc1. The van der Waals surface area contributed by atoms with Gasteiger partial charge in [0, 0.05) is 22.9 Å². The van der Waals surface area contributed by atoms with Gasteiger partial charge in [-0.05, 0) is 36.8 Å². The topological polar surface area (TPSA) is 58.9 Å². The van der Waals surface area contributed by atoms with Crippen LogP contribution in [-0.2, 0) is 0 Å². The number of benzene rings is 2. The average Bonchev–Trinajstić information content (AvgIpc) is 3.04. The fourth-order valence-electron chi connectivity index (χ4n) is 2.67. The standard InChI is InChI=1S/C20H20N2O/c1-13-6-8-15(9-7-13)20(23)19-11-10-18(22-19)14(2)16-4-3-5-17(21)12-16/h3-12,14,22H,21H2,1-2H3. The van der Waals surface area contributed by atoms with Crippen LogP contribution in [0.25, 0.3) is 0 Å². The van der Waals surface area contributed by atoms with Crippen molar-refractivity contribution < 1.29 is 4.79 Å². The molecule has 2 aromatic carbocycles. The number of ketones is 1. The Kier molecular flexibility index (Phi) is 4.02. The highest BCUT2D eigenvalue weighted by Crippen LogP contribution is 2.25. The number of H-pyrrole nitrogens is 1. The normalized spacial score (nSPS) is 12.1. The molecular weight excluding hydrogens is 284 g/mol. The van der Waals surface area contributed by atoms with E-state index < -0.39 is 0 Å². The molecule has 3 rings (SSSR count). The summed E-state index contributed by atoms with van der Waals surface area (Å²) in [4.78, 5) is 15.8. The highest BCUT2D eigenvalue weighted by Gasteiger charge is 2.15. The van der Waals surface area contributed by atoms with Crippen LogP contribution in [0.5, 0.6) is 0 Å². The van der Waals surface area contributed by atoms with Gasteiger partial charge in [-0.2, -0.15) is 0 Å². The second-order valence-electron chi connectivity index (χ2n) is 5.91. The van der Waals surface area contributed by atoms with Crippen molar-refractivity contribution in [2.75, 3.05) is 5.73 Å². The largest absolute Gasteiger partial charge is 0.399 e. The number of carbonyl (C=O) groups is 1. The van der Waals surface area contributed by atoms with Crippen LogP contribution in [0.2, 0.25) is 0 Å². The summed E-state index contributed by atoms with van der Waals surface area (Å²) >= 11 is 0. The minimum atomic E-state index is 0.0102. The zero-order chi connectivity index (χ0) is 16.4. The Labute approximate surface area is 136 Å². The summed E-state index contributed by atoms with van der Waals surface area (Å²) in [5, 5.41) is 0. The van der Waals surface area contributed by atoms with Gasteiger partial charge in [-0.3, -0.25) is 4.79 Å². The van der Waals surface area contributed by atoms with Crippen LogP contribution in [0.15, 0.2) is 60.7 Å². The predicted octanol–water partition coefficient (Wildman–Crippen LogP) is 4.29. The number of aromatic nitrogens is 1. The van der Waals surface area contributed by atoms with Gasteiger partial charge in [-0.1, -0.05) is 48.9 Å². The number of aryl methyl sites for hydroxylation is 1. The summed E-state index contributed by atoms with van der Waals surface area (Å²) in [7, 11) is 0. The van der Waals surface area contributed by atoms with E-state index in [-0.39, 0.29) is 11.7 Å². The number of hydrogen-bond acceptors (Lipinski definition) is 2. The number of anilines is 1. The van der Waals surface area contributed by atoms with Crippen LogP contribution in [0.4, 0.5) is 5.69 Å². The molecule has 3 heteroatoms. The molecule has 1 atom stereocenters. The molecule has 0 spiro atoms. The highest BCUT2D eigenvalue weighted by atomic mass is 16.1. The smallest absolute Gasteiger partial charge is 0.209 e. The molecule has 0 bridgehead atoms. The molecule has 23 heavy (non-hydrogen) atoms. The number of hydrogen-bond donors (Lipinski definition) is 2. The van der Waals surface area contributed by atoms with E-state index in [9.17, 15) is 4.79 Å². The van der Waals surface area contributed by atoms with Crippen molar-refractivity contribution in [3.63, 3.8) is 0 Å². The predicted molar refractivity (Wildman–Crippen MR) is 93.8 cm³/mol. The molecule has 1 aromatic heterocycles. The molecule has 0 aliphatic rings. The van der Waals surface area contributed by atoms with E-state index in [0.717, 1.165) is 22.5 Å². The van der Waals surface area contributed by atoms with Gasteiger partial charge in [0.15, 0.2) is 0 Å². The van der Waals surface area contributed by atoms with Crippen LogP contribution >= 0.6 is 0 Å². The fraction of sp³-hybridized carbons (Fsp3) is 0.150. The van der Waals surface area contributed by atoms with Crippen molar-refractivity contribution in [1.29, 1.82) is 0 Å². The van der Waals surface area contributed by atoms with Crippen molar-refractivity contribution in [2.24, 2.45) is 0 Å². The Bertz CT molecular complexity index is 831. The van der Waals surface area contributed by atoms with Gasteiger partial charge >= 0.3 is 0 Å². The lowest BCUT2D eigenvalue weighted by molar-refractivity contribution is 0.103. The van der Waals surface area contributed by atoms with Crippen LogP contribution < -0.4 is 5.73 Å². The van der Waals surface area contributed by atoms with Crippen LogP contribution in [0.1, 0.15) is 45.7 Å². The molecule has 0 saturated carbocycles. The molecule has 116 valence electrons. The molecule has 1 heterocycles. The molecule has 1 unspecified atom stereocenters. The molecule has 0 saturated heterocycles. The number of carbonyl (C=O) groups excluding carboxylic acids is 1. The van der Waals surface area contributed by atoms with Crippen molar-refractivity contribution in [3.05, 3.63) is 88.7 Å². The molecule has 0 aliphatic heterocycles. The number of nitrogen functional groups attached to an aromatic ring is 1. The van der Waals surface area contributed by atoms with Crippen LogP contribution in [0.3, 0.4) is 0 Å². The summed E-state index contributed by atoms with van der Waals surface area (Å²) < 4.78 is 0. The third-order valence-electron chi connectivity index (χ3n) is 4.14. The molecule has 0 radical (unpaired) electrons. The van der Waals surface area contributed by atoms with Gasteiger partial charge in [0.2, 0.25) is 5.78 Å². The second-order valence-corrected chi connectivity index (χ2v) is 5.91. The zero-order valence-electron chi connectivity index (χ0n) is 13.3. The minimum Gasteiger partial charge on any atom is -0.399 e. The number of nitrogens with one attached hydrogen (secondary N) is 1. The lowest BCUT2D eigenvalue weighted by Crippen LogP contribution is -2.03. The van der Waals surface area contributed by atoms with E-state index in [4.69, 9.17) is 5.73 Å². The first-order valence-corrected chi connectivity index (χ1v) is 7.70. The van der Waals surface area contributed by atoms with Crippen molar-refractivity contribution >= 4 is 11.5 Å². The number of nitrogens with two attached hydrogens (primary N) is 1. The highest BCUT2D eigenvalue weighted by molar-refractivity contribution is 6.07. The summed E-state index contributed by atoms with van der Waals surface area (Å²) in [6.45, 7) is 4.11. The maximum absolute atomic E-state index is 12.5. The Morgan fingerprint density at radius 2 is 1.78 bits per heavy atom. The third kappa shape index (κ3) is 3.19. The van der Waals surface area contributed by atoms with Crippen LogP contribution in [0, 0.1) is 6.92 Å². The molecule has 0 fully saturated rings. The van der Waals surface area contributed by atoms with E-state index in [2.05, 4.69) is 11.9 Å². The second kappa shape index (κ2) is 6.13. The van der Waals surface area contributed by atoms with E-state index in [1.165, 1.54) is 0 Å². The van der Waals surface area contributed by atoms with Crippen molar-refractivity contribution in [2.45, 2.75) is 19.8 Å². The van der Waals surface area contributed by atoms with E-state index in [1.54, 1.807) is 0 Å². The summed E-state index contributed by atoms with van der Waals surface area (Å²) in [5.74, 6) is 0.161. The van der Waals surface area contributed by atoms with Gasteiger partial charge in [-0.25, -0.2) is 0 Å². The maximum Gasteiger partial charge on any atom is 0.209 e. The lowest BCUT2D eigenvalue weighted by Gasteiger charge is -2.11. The molecular formula is C20H20N2O. The van der Waals surface area contributed by atoms with Gasteiger partial charge in [0.1, 0.15) is 0 Å².